The van der Waals surface area contributed by atoms with Crippen molar-refractivity contribution in [2.45, 2.75) is 11.1 Å². The summed E-state index contributed by atoms with van der Waals surface area (Å²) in [6.45, 7) is 0. The van der Waals surface area contributed by atoms with E-state index in [9.17, 15) is 13.2 Å². The van der Waals surface area contributed by atoms with Crippen LogP contribution in [0.15, 0.2) is 23.1 Å². The predicted octanol–water partition coefficient (Wildman–Crippen LogP) is 3.87. The summed E-state index contributed by atoms with van der Waals surface area (Å²) in [5.41, 5.74) is 1.50. The fraction of sp³-hybridized carbons (Fsp3) is 0.364. The Kier molecular flexibility index (Phi) is 3.82. The summed E-state index contributed by atoms with van der Waals surface area (Å²) in [4.78, 5) is 2.35. The maximum absolute atomic E-state index is 12.9. The van der Waals surface area contributed by atoms with E-state index in [1.165, 1.54) is 11.9 Å². The van der Waals surface area contributed by atoms with Gasteiger partial charge in [0.25, 0.3) is 0 Å². The lowest BCUT2D eigenvalue weighted by atomic mass is 10.2. The van der Waals surface area contributed by atoms with Crippen LogP contribution in [0.3, 0.4) is 0 Å². The van der Waals surface area contributed by atoms with Crippen LogP contribution in [0.4, 0.5) is 24.5 Å². The van der Waals surface area contributed by atoms with E-state index in [4.69, 9.17) is 0 Å². The summed E-state index contributed by atoms with van der Waals surface area (Å²) in [5.74, 6) is 0. The number of alkyl halides is 3. The van der Waals surface area contributed by atoms with Gasteiger partial charge in [-0.2, -0.15) is 13.2 Å². The lowest BCUT2D eigenvalue weighted by Gasteiger charge is -2.33. The molecule has 0 fully saturated rings. The van der Waals surface area contributed by atoms with Crippen LogP contribution in [0, 0.1) is 0 Å². The molecule has 0 bridgehead atoms. The zero-order valence-electron chi connectivity index (χ0n) is 10.0. The molecule has 1 aromatic carbocycles. The first-order chi connectivity index (χ1) is 8.34. The third-order valence-corrected chi connectivity index (χ3v) is 6.37. The van der Waals surface area contributed by atoms with Gasteiger partial charge in [0.05, 0.1) is 11.4 Å². The molecular weight excluding hydrogens is 376 g/mol. The average molecular weight is 388 g/mol. The molecule has 0 amide bonds. The van der Waals surface area contributed by atoms with Crippen molar-refractivity contribution in [2.24, 2.45) is 0 Å². The molecule has 0 spiro atoms. The minimum Gasteiger partial charge on any atom is -0.333 e. The third-order valence-electron chi connectivity index (χ3n) is 2.61. The molecule has 0 saturated heterocycles. The van der Waals surface area contributed by atoms with Gasteiger partial charge in [-0.05, 0) is 24.5 Å². The van der Waals surface area contributed by atoms with Gasteiger partial charge in [0.15, 0.2) is 3.63 Å². The Hall–Kier alpha value is -0.440. The molecule has 0 radical (unpaired) electrons. The van der Waals surface area contributed by atoms with Crippen LogP contribution in [0.2, 0.25) is 0 Å². The molecule has 100 valence electrons. The van der Waals surface area contributed by atoms with Gasteiger partial charge in [0, 0.05) is 40.0 Å². The van der Waals surface area contributed by atoms with Crippen molar-refractivity contribution in [3.63, 3.8) is 0 Å². The molecule has 0 aliphatic carbocycles. The van der Waals surface area contributed by atoms with Crippen LogP contribution < -0.4 is 8.01 Å². The van der Waals surface area contributed by atoms with E-state index < -0.39 is 30.8 Å². The number of benzene rings is 1. The zero-order chi connectivity index (χ0) is 13.5. The molecule has 2 nitrogen and oxygen atoms in total. The van der Waals surface area contributed by atoms with E-state index in [-0.39, 0.29) is 0 Å². The van der Waals surface area contributed by atoms with Crippen LogP contribution in [0.25, 0.3) is 0 Å². The molecule has 2 rings (SSSR count). The van der Waals surface area contributed by atoms with E-state index in [2.05, 4.69) is 0 Å². The quantitative estimate of drug-likeness (QED) is 0.410. The Morgan fingerprint density at radius 2 is 1.83 bits per heavy atom. The highest BCUT2D eigenvalue weighted by atomic mass is 127. The SMILES string of the molecule is CSc1ccc2c(c1)N(C)I=C(C(F)(F)F)N2C. The molecule has 0 saturated carbocycles. The molecule has 0 N–H and O–H groups in total. The molecule has 0 unspecified atom stereocenters. The summed E-state index contributed by atoms with van der Waals surface area (Å²) in [5, 5.41) is 0. The standard InChI is InChI=1S/C11H12F3IN2S/c1-16-8-5-4-7(18-3)6-9(8)17(2)15-10(16)11(12,13)14/h4-6H,1-3H3. The van der Waals surface area contributed by atoms with Crippen LogP contribution >= 0.6 is 32.8 Å². The van der Waals surface area contributed by atoms with E-state index >= 15 is 0 Å². The van der Waals surface area contributed by atoms with Gasteiger partial charge in [0.1, 0.15) is 0 Å². The van der Waals surface area contributed by atoms with Crippen LogP contribution in [0.5, 0.6) is 0 Å². The highest BCUT2D eigenvalue weighted by Gasteiger charge is 2.41. The fourth-order valence-corrected chi connectivity index (χ4v) is 4.35. The number of hydrogen-bond acceptors (Lipinski definition) is 3. The van der Waals surface area contributed by atoms with E-state index in [0.29, 0.717) is 5.69 Å². The van der Waals surface area contributed by atoms with E-state index in [0.717, 1.165) is 10.6 Å². The maximum Gasteiger partial charge on any atom is 0.438 e. The smallest absolute Gasteiger partial charge is 0.333 e. The minimum atomic E-state index is -4.24. The number of anilines is 2. The Labute approximate surface area is 118 Å². The van der Waals surface area contributed by atoms with Crippen molar-refractivity contribution in [1.82, 2.24) is 0 Å². The van der Waals surface area contributed by atoms with Crippen molar-refractivity contribution in [1.29, 1.82) is 0 Å². The first-order valence-electron chi connectivity index (χ1n) is 5.09. The Morgan fingerprint density at radius 1 is 1.17 bits per heavy atom. The van der Waals surface area contributed by atoms with Gasteiger partial charge in [-0.3, -0.25) is 0 Å². The molecule has 1 aliphatic rings. The van der Waals surface area contributed by atoms with Crippen molar-refractivity contribution in [3.8, 4) is 0 Å². The molecule has 1 aliphatic heterocycles. The van der Waals surface area contributed by atoms with Crippen LogP contribution in [-0.2, 0) is 0 Å². The third kappa shape index (κ3) is 2.47. The molecule has 7 heteroatoms. The minimum absolute atomic E-state index is 0.423. The Bertz CT molecular complexity index is 502. The number of fused-ring (bicyclic) bond motifs is 1. The lowest BCUT2D eigenvalue weighted by molar-refractivity contribution is -0.0570. The lowest BCUT2D eigenvalue weighted by Crippen LogP contribution is -2.40. The van der Waals surface area contributed by atoms with Crippen LogP contribution in [0.1, 0.15) is 0 Å². The summed E-state index contributed by atoms with van der Waals surface area (Å²) in [6.07, 6.45) is -2.29. The van der Waals surface area contributed by atoms with Crippen molar-refractivity contribution in [3.05, 3.63) is 18.2 Å². The van der Waals surface area contributed by atoms with Gasteiger partial charge in [0.2, 0.25) is 0 Å². The average Bonchev–Trinajstić information content (AvgIpc) is 2.31. The molecule has 0 atom stereocenters. The van der Waals surface area contributed by atoms with Crippen molar-refractivity contribution in [2.75, 3.05) is 28.4 Å². The number of halogens is 4. The molecular formula is C11H12F3IN2S. The molecule has 0 aromatic heterocycles. The van der Waals surface area contributed by atoms with E-state index in [1.54, 1.807) is 28.0 Å². The largest absolute Gasteiger partial charge is 0.438 e. The summed E-state index contributed by atoms with van der Waals surface area (Å²) in [7, 11) is 3.22. The highest BCUT2D eigenvalue weighted by Crippen LogP contribution is 2.42. The second-order valence-electron chi connectivity index (χ2n) is 3.76. The second kappa shape index (κ2) is 4.92. The predicted molar refractivity (Wildman–Crippen MR) is 80.1 cm³/mol. The number of nitrogens with zero attached hydrogens (tertiary/aromatic N) is 2. The summed E-state index contributed by atoms with van der Waals surface area (Å²) in [6, 6.07) is 5.56. The normalized spacial score (nSPS) is 16.0. The monoisotopic (exact) mass is 388 g/mol. The first kappa shape index (κ1) is 14.0. The van der Waals surface area contributed by atoms with Crippen LogP contribution in [-0.4, -0.2) is 30.2 Å². The Morgan fingerprint density at radius 3 is 2.39 bits per heavy atom. The van der Waals surface area contributed by atoms with Gasteiger partial charge >= 0.3 is 6.18 Å². The highest BCUT2D eigenvalue weighted by molar-refractivity contribution is 14.2. The maximum atomic E-state index is 12.9. The number of hydrogen-bond donors (Lipinski definition) is 0. The van der Waals surface area contributed by atoms with Gasteiger partial charge < -0.3 is 8.01 Å². The second-order valence-corrected chi connectivity index (χ2v) is 7.60. The number of thioether (sulfide) groups is 1. The Balaban J connectivity index is 2.50. The molecule has 1 heterocycles. The zero-order valence-corrected chi connectivity index (χ0v) is 13.0. The first-order valence-corrected chi connectivity index (χ1v) is 8.36. The fourth-order valence-electron chi connectivity index (χ4n) is 1.73. The molecule has 18 heavy (non-hydrogen) atoms. The van der Waals surface area contributed by atoms with Crippen molar-refractivity contribution < 1.29 is 13.2 Å². The molecule has 1 aromatic rings. The van der Waals surface area contributed by atoms with Gasteiger partial charge in [-0.1, -0.05) is 0 Å². The van der Waals surface area contributed by atoms with E-state index in [1.807, 2.05) is 18.4 Å². The number of rotatable bonds is 1. The topological polar surface area (TPSA) is 6.48 Å². The van der Waals surface area contributed by atoms with Crippen molar-refractivity contribution >= 4 is 47.8 Å². The van der Waals surface area contributed by atoms with Gasteiger partial charge in [-0.25, -0.2) is 0 Å². The summed E-state index contributed by atoms with van der Waals surface area (Å²) < 4.78 is 40.1. The summed E-state index contributed by atoms with van der Waals surface area (Å²) >= 11 is 0.380. The van der Waals surface area contributed by atoms with Gasteiger partial charge in [-0.15, -0.1) is 11.8 Å².